The quantitative estimate of drug-likeness (QED) is 0.754. The standard InChI is InChI=1S/C9H14N2O2/c1-7(2)6-13-9-10-4-3-8(5-12)11-9/h3-4,7,12H,5-6H2,1-2H3. The first-order chi connectivity index (χ1) is 6.22. The van der Waals surface area contributed by atoms with E-state index in [9.17, 15) is 0 Å². The van der Waals surface area contributed by atoms with Crippen LogP contribution in [0.15, 0.2) is 12.3 Å². The molecule has 0 aliphatic heterocycles. The smallest absolute Gasteiger partial charge is 0.316 e. The van der Waals surface area contributed by atoms with Crippen molar-refractivity contribution in [2.75, 3.05) is 6.61 Å². The minimum Gasteiger partial charge on any atom is -0.463 e. The number of hydrogen-bond donors (Lipinski definition) is 1. The van der Waals surface area contributed by atoms with Crippen LogP contribution in [0.2, 0.25) is 0 Å². The third-order valence-corrected chi connectivity index (χ3v) is 1.40. The minimum atomic E-state index is -0.0828. The number of aromatic nitrogens is 2. The molecule has 1 aromatic heterocycles. The fourth-order valence-electron chi connectivity index (χ4n) is 0.775. The fourth-order valence-corrected chi connectivity index (χ4v) is 0.775. The predicted octanol–water partition coefficient (Wildman–Crippen LogP) is 1.00. The van der Waals surface area contributed by atoms with Crippen molar-refractivity contribution in [2.24, 2.45) is 5.92 Å². The summed E-state index contributed by atoms with van der Waals surface area (Å²) >= 11 is 0. The molecule has 1 rings (SSSR count). The SMILES string of the molecule is CC(C)COc1nccc(CO)n1. The van der Waals surface area contributed by atoms with Gasteiger partial charge < -0.3 is 9.84 Å². The summed E-state index contributed by atoms with van der Waals surface area (Å²) in [5, 5.41) is 8.79. The molecule has 72 valence electrons. The molecule has 0 aromatic carbocycles. The Labute approximate surface area is 77.6 Å². The lowest BCUT2D eigenvalue weighted by atomic mass is 10.2. The van der Waals surface area contributed by atoms with Gasteiger partial charge in [-0.2, -0.15) is 4.98 Å². The van der Waals surface area contributed by atoms with Crippen LogP contribution >= 0.6 is 0 Å². The Kier molecular flexibility index (Phi) is 3.64. The molecule has 1 N–H and O–H groups in total. The molecule has 0 spiro atoms. The van der Waals surface area contributed by atoms with Gasteiger partial charge in [-0.1, -0.05) is 13.8 Å². The van der Waals surface area contributed by atoms with Gasteiger partial charge in [-0.15, -0.1) is 0 Å². The molecule has 0 amide bonds. The highest BCUT2D eigenvalue weighted by Crippen LogP contribution is 2.04. The summed E-state index contributed by atoms with van der Waals surface area (Å²) < 4.78 is 5.28. The number of rotatable bonds is 4. The topological polar surface area (TPSA) is 55.2 Å². The van der Waals surface area contributed by atoms with Crippen LogP contribution in [-0.2, 0) is 6.61 Å². The Hall–Kier alpha value is -1.16. The molecule has 4 nitrogen and oxygen atoms in total. The first kappa shape index (κ1) is 9.92. The van der Waals surface area contributed by atoms with E-state index in [2.05, 4.69) is 23.8 Å². The van der Waals surface area contributed by atoms with Crippen LogP contribution < -0.4 is 4.74 Å². The van der Waals surface area contributed by atoms with Crippen molar-refractivity contribution in [2.45, 2.75) is 20.5 Å². The van der Waals surface area contributed by atoms with E-state index < -0.39 is 0 Å². The second kappa shape index (κ2) is 4.77. The highest BCUT2D eigenvalue weighted by molar-refractivity contribution is 5.04. The number of ether oxygens (including phenoxy) is 1. The van der Waals surface area contributed by atoms with Gasteiger partial charge in [0, 0.05) is 6.20 Å². The van der Waals surface area contributed by atoms with Crippen LogP contribution in [-0.4, -0.2) is 21.7 Å². The monoisotopic (exact) mass is 182 g/mol. The molecular formula is C9H14N2O2. The van der Waals surface area contributed by atoms with Crippen LogP contribution in [0.1, 0.15) is 19.5 Å². The maximum absolute atomic E-state index is 8.79. The molecule has 0 saturated carbocycles. The Morgan fingerprint density at radius 2 is 2.31 bits per heavy atom. The molecule has 13 heavy (non-hydrogen) atoms. The van der Waals surface area contributed by atoms with Crippen LogP contribution in [0.3, 0.4) is 0 Å². The van der Waals surface area contributed by atoms with Crippen molar-refractivity contribution in [3.8, 4) is 6.01 Å². The van der Waals surface area contributed by atoms with E-state index in [0.717, 1.165) is 0 Å². The molecule has 0 aliphatic carbocycles. The largest absolute Gasteiger partial charge is 0.463 e. The number of nitrogens with zero attached hydrogens (tertiary/aromatic N) is 2. The Balaban J connectivity index is 2.56. The molecule has 0 radical (unpaired) electrons. The van der Waals surface area contributed by atoms with Gasteiger partial charge in [-0.3, -0.25) is 0 Å². The summed E-state index contributed by atoms with van der Waals surface area (Å²) in [5.41, 5.74) is 0.578. The van der Waals surface area contributed by atoms with E-state index in [1.54, 1.807) is 12.3 Å². The molecule has 1 aromatic rings. The molecule has 0 bridgehead atoms. The van der Waals surface area contributed by atoms with Crippen LogP contribution in [0.5, 0.6) is 6.01 Å². The van der Waals surface area contributed by atoms with Gasteiger partial charge >= 0.3 is 6.01 Å². The van der Waals surface area contributed by atoms with Crippen molar-refractivity contribution in [3.05, 3.63) is 18.0 Å². The summed E-state index contributed by atoms with van der Waals surface area (Å²) in [7, 11) is 0. The first-order valence-electron chi connectivity index (χ1n) is 4.28. The highest BCUT2D eigenvalue weighted by atomic mass is 16.5. The van der Waals surface area contributed by atoms with Crippen molar-refractivity contribution >= 4 is 0 Å². The molecule has 4 heteroatoms. The van der Waals surface area contributed by atoms with Crippen LogP contribution in [0.4, 0.5) is 0 Å². The highest BCUT2D eigenvalue weighted by Gasteiger charge is 2.00. The first-order valence-corrected chi connectivity index (χ1v) is 4.28. The predicted molar refractivity (Wildman–Crippen MR) is 48.3 cm³/mol. The maximum atomic E-state index is 8.79. The number of aliphatic hydroxyl groups excluding tert-OH is 1. The van der Waals surface area contributed by atoms with Gasteiger partial charge in [0.05, 0.1) is 18.9 Å². The summed E-state index contributed by atoms with van der Waals surface area (Å²) in [4.78, 5) is 7.89. The van der Waals surface area contributed by atoms with Crippen LogP contribution in [0, 0.1) is 5.92 Å². The molecule has 0 unspecified atom stereocenters. The minimum absolute atomic E-state index is 0.0828. The van der Waals surface area contributed by atoms with Gasteiger partial charge in [0.1, 0.15) is 0 Å². The van der Waals surface area contributed by atoms with Crippen molar-refractivity contribution in [1.29, 1.82) is 0 Å². The van der Waals surface area contributed by atoms with Crippen molar-refractivity contribution < 1.29 is 9.84 Å². The zero-order valence-corrected chi connectivity index (χ0v) is 7.90. The second-order valence-electron chi connectivity index (χ2n) is 3.19. The zero-order valence-electron chi connectivity index (χ0n) is 7.90. The third-order valence-electron chi connectivity index (χ3n) is 1.40. The molecule has 0 aliphatic rings. The second-order valence-corrected chi connectivity index (χ2v) is 3.19. The Morgan fingerprint density at radius 1 is 1.54 bits per heavy atom. The van der Waals surface area contributed by atoms with Gasteiger partial charge in [0.25, 0.3) is 0 Å². The number of aliphatic hydroxyl groups is 1. The van der Waals surface area contributed by atoms with Gasteiger partial charge in [0.2, 0.25) is 0 Å². The molecule has 0 atom stereocenters. The molecule has 0 fully saturated rings. The average Bonchev–Trinajstić information content (AvgIpc) is 2.15. The van der Waals surface area contributed by atoms with E-state index in [0.29, 0.717) is 24.2 Å². The summed E-state index contributed by atoms with van der Waals surface area (Å²) in [6.45, 7) is 4.61. The maximum Gasteiger partial charge on any atom is 0.316 e. The number of hydrogen-bond acceptors (Lipinski definition) is 4. The van der Waals surface area contributed by atoms with E-state index in [1.807, 2.05) is 0 Å². The third kappa shape index (κ3) is 3.38. The van der Waals surface area contributed by atoms with Crippen molar-refractivity contribution in [1.82, 2.24) is 9.97 Å². The normalized spacial score (nSPS) is 10.5. The van der Waals surface area contributed by atoms with E-state index in [4.69, 9.17) is 9.84 Å². The lowest BCUT2D eigenvalue weighted by Gasteiger charge is -2.06. The van der Waals surface area contributed by atoms with Gasteiger partial charge in [-0.25, -0.2) is 4.98 Å². The summed E-state index contributed by atoms with van der Waals surface area (Å²) in [6.07, 6.45) is 1.58. The van der Waals surface area contributed by atoms with E-state index in [-0.39, 0.29) is 6.61 Å². The van der Waals surface area contributed by atoms with E-state index in [1.165, 1.54) is 0 Å². The molecule has 1 heterocycles. The van der Waals surface area contributed by atoms with Gasteiger partial charge in [-0.05, 0) is 12.0 Å². The van der Waals surface area contributed by atoms with E-state index >= 15 is 0 Å². The average molecular weight is 182 g/mol. The lowest BCUT2D eigenvalue weighted by Crippen LogP contribution is -2.07. The van der Waals surface area contributed by atoms with Crippen molar-refractivity contribution in [3.63, 3.8) is 0 Å². The van der Waals surface area contributed by atoms with Gasteiger partial charge in [0.15, 0.2) is 0 Å². The zero-order chi connectivity index (χ0) is 9.68. The Morgan fingerprint density at radius 3 is 2.92 bits per heavy atom. The Bertz CT molecular complexity index is 264. The molecule has 0 saturated heterocycles. The fraction of sp³-hybridized carbons (Fsp3) is 0.556. The molecular weight excluding hydrogens is 168 g/mol. The summed E-state index contributed by atoms with van der Waals surface area (Å²) in [5.74, 6) is 0.446. The van der Waals surface area contributed by atoms with Crippen LogP contribution in [0.25, 0.3) is 0 Å². The lowest BCUT2D eigenvalue weighted by molar-refractivity contribution is 0.242. The summed E-state index contributed by atoms with van der Waals surface area (Å²) in [6, 6.07) is 1.99.